The average Bonchev–Trinajstić information content (AvgIpc) is 4.00. The van der Waals surface area contributed by atoms with Crippen molar-refractivity contribution in [2.24, 2.45) is 0 Å². The number of imidazole rings is 1. The molecule has 0 aliphatic heterocycles. The molecule has 260 valence electrons. The maximum Gasteiger partial charge on any atom is 2.00 e. The fourth-order valence-corrected chi connectivity index (χ4v) is 8.40. The first-order valence-electron chi connectivity index (χ1n) is 18.0. The zero-order valence-electron chi connectivity index (χ0n) is 29.0. The smallest absolute Gasteiger partial charge is 0.656 e. The van der Waals surface area contributed by atoms with Crippen molar-refractivity contribution in [3.63, 3.8) is 0 Å². The molecule has 0 amide bonds. The Morgan fingerprint density at radius 3 is 2.22 bits per heavy atom. The minimum Gasteiger partial charge on any atom is -0.656 e. The molecule has 0 spiro atoms. The summed E-state index contributed by atoms with van der Waals surface area (Å²) < 4.78 is 11.0. The molecule has 0 fully saturated rings. The quantitative estimate of drug-likeness (QED) is 0.165. The minimum absolute atomic E-state index is 0. The first-order valence-corrected chi connectivity index (χ1v) is 18.0. The van der Waals surface area contributed by atoms with Crippen molar-refractivity contribution in [1.29, 1.82) is 0 Å². The summed E-state index contributed by atoms with van der Waals surface area (Å²) >= 11 is 0. The van der Waals surface area contributed by atoms with Gasteiger partial charge in [0.05, 0.1) is 11.0 Å². The molecule has 5 heterocycles. The maximum absolute atomic E-state index is 6.58. The van der Waals surface area contributed by atoms with Crippen molar-refractivity contribution in [1.82, 2.24) is 24.1 Å². The molecule has 7 heteroatoms. The number of furan rings is 1. The summed E-state index contributed by atoms with van der Waals surface area (Å²) in [6.07, 6.45) is 1.83. The summed E-state index contributed by atoms with van der Waals surface area (Å²) in [6, 6.07) is 58.4. The third-order valence-corrected chi connectivity index (χ3v) is 10.8. The van der Waals surface area contributed by atoms with Gasteiger partial charge in [-0.15, -0.1) is 34.8 Å². The summed E-state index contributed by atoms with van der Waals surface area (Å²) in [5, 5.41) is 6.55. The average molecular weight is 885 g/mol. The number of benzene rings is 7. The molecule has 0 saturated carbocycles. The van der Waals surface area contributed by atoms with E-state index in [1.807, 2.05) is 48.7 Å². The number of para-hydroxylation sites is 5. The van der Waals surface area contributed by atoms with Gasteiger partial charge in [0.15, 0.2) is 0 Å². The van der Waals surface area contributed by atoms with Crippen LogP contribution >= 0.6 is 0 Å². The number of nitrogens with zero attached hydrogens (tertiary/aromatic N) is 5. The minimum atomic E-state index is 0. The van der Waals surface area contributed by atoms with Crippen LogP contribution in [0.3, 0.4) is 0 Å². The Balaban J connectivity index is 0.00000352. The van der Waals surface area contributed by atoms with E-state index in [0.29, 0.717) is 0 Å². The van der Waals surface area contributed by atoms with Crippen LogP contribution in [0.5, 0.6) is 0 Å². The van der Waals surface area contributed by atoms with Crippen LogP contribution in [-0.4, -0.2) is 19.1 Å². The second-order valence-electron chi connectivity index (χ2n) is 13.7. The second kappa shape index (κ2) is 12.1. The molecule has 5 aromatic heterocycles. The van der Waals surface area contributed by atoms with E-state index in [1.165, 1.54) is 0 Å². The molecule has 0 aliphatic carbocycles. The Kier molecular flexibility index (Phi) is 7.01. The van der Waals surface area contributed by atoms with E-state index < -0.39 is 0 Å². The Labute approximate surface area is 328 Å². The third kappa shape index (κ3) is 4.59. The van der Waals surface area contributed by atoms with Crippen LogP contribution in [0.1, 0.15) is 0 Å². The molecular weight excluding hydrogens is 858 g/mol. The molecule has 0 N–H and O–H groups in total. The molecule has 7 aromatic carbocycles. The van der Waals surface area contributed by atoms with Gasteiger partial charge >= 0.3 is 21.1 Å². The van der Waals surface area contributed by atoms with Crippen molar-refractivity contribution in [2.45, 2.75) is 0 Å². The molecule has 12 rings (SSSR count). The third-order valence-electron chi connectivity index (χ3n) is 10.8. The molecule has 0 unspecified atom stereocenters. The Hall–Kier alpha value is -6.75. The molecule has 0 saturated heterocycles. The van der Waals surface area contributed by atoms with Crippen LogP contribution in [0.2, 0.25) is 0 Å². The van der Waals surface area contributed by atoms with E-state index >= 15 is 0 Å². The molecule has 6 nitrogen and oxygen atoms in total. The van der Waals surface area contributed by atoms with Crippen molar-refractivity contribution in [3.8, 4) is 34.0 Å². The van der Waals surface area contributed by atoms with Crippen LogP contribution in [-0.2, 0) is 21.1 Å². The first-order chi connectivity index (χ1) is 26.8. The zero-order valence-corrected chi connectivity index (χ0v) is 31.3. The summed E-state index contributed by atoms with van der Waals surface area (Å²) in [5.74, 6) is 1.66. The van der Waals surface area contributed by atoms with E-state index in [-0.39, 0.29) is 21.1 Å². The first kappa shape index (κ1) is 31.7. The number of rotatable bonds is 4. The molecule has 0 aliphatic rings. The van der Waals surface area contributed by atoms with E-state index in [4.69, 9.17) is 19.4 Å². The molecular formula is C48H27N5OPt. The molecule has 0 bridgehead atoms. The zero-order chi connectivity index (χ0) is 35.3. The van der Waals surface area contributed by atoms with Gasteiger partial charge in [0.25, 0.3) is 0 Å². The normalized spacial score (nSPS) is 11.9. The van der Waals surface area contributed by atoms with E-state index in [1.54, 1.807) is 0 Å². The van der Waals surface area contributed by atoms with Gasteiger partial charge < -0.3 is 14.0 Å². The second-order valence-corrected chi connectivity index (χ2v) is 13.7. The number of pyridine rings is 1. The summed E-state index contributed by atoms with van der Waals surface area (Å²) in [7, 11) is 0. The van der Waals surface area contributed by atoms with Crippen LogP contribution in [0.4, 0.5) is 0 Å². The SMILES string of the molecule is [Pt+2].[c-]1c(-c2cccc3c2nc(-c2cccc4c2[n-]c2ccccc24)n3-c2ccccc2)ccc2c3c4oc5ccccc5c4ccc3n(-c3ccccn3)c12. The Morgan fingerprint density at radius 2 is 1.33 bits per heavy atom. The van der Waals surface area contributed by atoms with Crippen LogP contribution in [0, 0.1) is 6.07 Å². The summed E-state index contributed by atoms with van der Waals surface area (Å²) in [4.78, 5) is 15.4. The monoisotopic (exact) mass is 884 g/mol. The number of aromatic nitrogens is 5. The van der Waals surface area contributed by atoms with Gasteiger partial charge in [-0.1, -0.05) is 108 Å². The van der Waals surface area contributed by atoms with Crippen LogP contribution < -0.4 is 4.98 Å². The summed E-state index contributed by atoms with van der Waals surface area (Å²) in [5.41, 5.74) is 11.4. The van der Waals surface area contributed by atoms with Gasteiger partial charge in [-0.05, 0) is 64.8 Å². The van der Waals surface area contributed by atoms with Gasteiger partial charge in [-0.3, -0.25) is 4.57 Å². The van der Waals surface area contributed by atoms with Gasteiger partial charge in [0.2, 0.25) is 0 Å². The fourth-order valence-electron chi connectivity index (χ4n) is 8.40. The van der Waals surface area contributed by atoms with Crippen molar-refractivity contribution < 1.29 is 25.5 Å². The largest absolute Gasteiger partial charge is 2.00 e. The topological polar surface area (TPSA) is 62.9 Å². The Bertz CT molecular complexity index is 3450. The maximum atomic E-state index is 6.58. The van der Waals surface area contributed by atoms with Crippen molar-refractivity contribution in [3.05, 3.63) is 170 Å². The van der Waals surface area contributed by atoms with Crippen molar-refractivity contribution in [2.75, 3.05) is 0 Å². The van der Waals surface area contributed by atoms with Crippen molar-refractivity contribution >= 4 is 76.6 Å². The molecule has 0 atom stereocenters. The molecule has 55 heavy (non-hydrogen) atoms. The fraction of sp³-hybridized carbons (Fsp3) is 0. The van der Waals surface area contributed by atoms with E-state index in [0.717, 1.165) is 111 Å². The van der Waals surface area contributed by atoms with Gasteiger partial charge in [-0.2, -0.15) is 0 Å². The number of hydrogen-bond donors (Lipinski definition) is 0. The predicted octanol–water partition coefficient (Wildman–Crippen LogP) is 11.8. The van der Waals surface area contributed by atoms with E-state index in [9.17, 15) is 0 Å². The molecule has 0 radical (unpaired) electrons. The summed E-state index contributed by atoms with van der Waals surface area (Å²) in [6.45, 7) is 0. The van der Waals surface area contributed by atoms with Gasteiger partial charge in [0.1, 0.15) is 22.8 Å². The number of fused-ring (bicyclic) bond motifs is 11. The standard InChI is InChI=1S/C48H27N5O.Pt/c1-2-12-30(13-3-1)52-40-20-11-16-31(46(40)51-48(52)37-18-10-17-34-32-14-4-6-19-38(32)50-45(34)37)29-23-24-36-41(28-29)53(43-22-8-9-27-49-43)39-26-25-35-33-15-5-7-21-42(33)54-47(35)44(36)39;/h1-27H;/q-2;+2. The van der Waals surface area contributed by atoms with Crippen LogP contribution in [0.25, 0.3) is 111 Å². The van der Waals surface area contributed by atoms with E-state index in [2.05, 4.69) is 130 Å². The van der Waals surface area contributed by atoms with Gasteiger partial charge in [0, 0.05) is 39.1 Å². The van der Waals surface area contributed by atoms with Crippen LogP contribution in [0.15, 0.2) is 168 Å². The number of hydrogen-bond acceptors (Lipinski definition) is 3. The van der Waals surface area contributed by atoms with Gasteiger partial charge in [-0.25, -0.2) is 9.97 Å². The Morgan fingerprint density at radius 1 is 0.564 bits per heavy atom. The predicted molar refractivity (Wildman–Crippen MR) is 219 cm³/mol. The molecule has 12 aromatic rings.